The van der Waals surface area contributed by atoms with E-state index >= 15 is 0 Å². The van der Waals surface area contributed by atoms with Gasteiger partial charge < -0.3 is 16.4 Å². The number of benzene rings is 2. The number of aliphatic imine (C=N–C) groups is 2. The van der Waals surface area contributed by atoms with Gasteiger partial charge in [0.05, 0.1) is 0 Å². The SMILES string of the molecule is Cc1ccc(NC2=N[C@@]3(N=C(N)N2)C(=O)Nc2ccccc23)cc1. The van der Waals surface area contributed by atoms with Crippen LogP contribution in [-0.2, 0) is 10.5 Å². The Labute approximate surface area is 138 Å². The van der Waals surface area contributed by atoms with Crippen molar-refractivity contribution in [1.29, 1.82) is 0 Å². The van der Waals surface area contributed by atoms with Crippen LogP contribution < -0.4 is 21.7 Å². The number of anilines is 2. The minimum absolute atomic E-state index is 0.131. The first-order valence-corrected chi connectivity index (χ1v) is 7.54. The zero-order valence-corrected chi connectivity index (χ0v) is 13.0. The minimum atomic E-state index is -1.39. The number of fused-ring (bicyclic) bond motifs is 2. The van der Waals surface area contributed by atoms with Gasteiger partial charge >= 0.3 is 0 Å². The van der Waals surface area contributed by atoms with Crippen molar-refractivity contribution in [1.82, 2.24) is 5.32 Å². The number of hydrogen-bond donors (Lipinski definition) is 4. The molecule has 24 heavy (non-hydrogen) atoms. The van der Waals surface area contributed by atoms with Crippen LogP contribution in [0, 0.1) is 6.92 Å². The Balaban J connectivity index is 1.76. The fourth-order valence-electron chi connectivity index (χ4n) is 2.82. The van der Waals surface area contributed by atoms with Crippen LogP contribution in [0.3, 0.4) is 0 Å². The average Bonchev–Trinajstić information content (AvgIpc) is 2.81. The lowest BCUT2D eigenvalue weighted by Gasteiger charge is -2.26. The Bertz CT molecular complexity index is 886. The highest BCUT2D eigenvalue weighted by Gasteiger charge is 2.49. The van der Waals surface area contributed by atoms with E-state index in [1.807, 2.05) is 55.5 Å². The van der Waals surface area contributed by atoms with Gasteiger partial charge in [0.2, 0.25) is 5.96 Å². The molecule has 1 amide bonds. The number of aryl methyl sites for hydroxylation is 1. The highest BCUT2D eigenvalue weighted by molar-refractivity contribution is 6.13. The van der Waals surface area contributed by atoms with Gasteiger partial charge in [0.15, 0.2) is 5.96 Å². The third-order valence-corrected chi connectivity index (χ3v) is 3.98. The van der Waals surface area contributed by atoms with Gasteiger partial charge in [-0.3, -0.25) is 10.1 Å². The molecule has 4 rings (SSSR count). The number of carbonyl (C=O) groups is 1. The maximum Gasteiger partial charge on any atom is 0.280 e. The van der Waals surface area contributed by atoms with E-state index in [0.29, 0.717) is 17.2 Å². The molecule has 0 saturated heterocycles. The first-order chi connectivity index (χ1) is 11.6. The summed E-state index contributed by atoms with van der Waals surface area (Å²) in [5.74, 6) is 0.182. The van der Waals surface area contributed by atoms with Crippen molar-refractivity contribution in [2.24, 2.45) is 15.7 Å². The second kappa shape index (κ2) is 5.09. The normalized spacial score (nSPS) is 21.5. The smallest absolute Gasteiger partial charge is 0.280 e. The topological polar surface area (TPSA) is 104 Å². The van der Waals surface area contributed by atoms with E-state index in [1.165, 1.54) is 0 Å². The maximum atomic E-state index is 12.6. The van der Waals surface area contributed by atoms with Crippen molar-refractivity contribution in [2.75, 3.05) is 10.6 Å². The van der Waals surface area contributed by atoms with Crippen molar-refractivity contribution in [3.8, 4) is 0 Å². The molecule has 0 radical (unpaired) electrons. The quantitative estimate of drug-likeness (QED) is 0.639. The van der Waals surface area contributed by atoms with Crippen LogP contribution in [0.2, 0.25) is 0 Å². The molecule has 5 N–H and O–H groups in total. The van der Waals surface area contributed by atoms with Crippen molar-refractivity contribution < 1.29 is 4.79 Å². The van der Waals surface area contributed by atoms with Gasteiger partial charge in [0.25, 0.3) is 11.6 Å². The molecule has 2 aliphatic rings. The molecule has 0 aliphatic carbocycles. The van der Waals surface area contributed by atoms with Crippen molar-refractivity contribution in [3.05, 3.63) is 59.7 Å². The molecule has 2 aliphatic heterocycles. The Kier molecular flexibility index (Phi) is 3.02. The van der Waals surface area contributed by atoms with Gasteiger partial charge in [-0.05, 0) is 25.1 Å². The van der Waals surface area contributed by atoms with Crippen LogP contribution in [0.25, 0.3) is 0 Å². The summed E-state index contributed by atoms with van der Waals surface area (Å²) in [6.07, 6.45) is 0. The van der Waals surface area contributed by atoms with E-state index in [2.05, 4.69) is 25.9 Å². The molecule has 2 heterocycles. The molecule has 120 valence electrons. The molecule has 0 aromatic heterocycles. The van der Waals surface area contributed by atoms with Gasteiger partial charge in [-0.25, -0.2) is 9.98 Å². The Hall–Kier alpha value is -3.35. The van der Waals surface area contributed by atoms with Gasteiger partial charge in [0.1, 0.15) is 0 Å². The fourth-order valence-corrected chi connectivity index (χ4v) is 2.82. The van der Waals surface area contributed by atoms with E-state index in [1.54, 1.807) is 0 Å². The number of amides is 1. The number of hydrogen-bond acceptors (Lipinski definition) is 6. The summed E-state index contributed by atoms with van der Waals surface area (Å²) in [6.45, 7) is 2.01. The summed E-state index contributed by atoms with van der Waals surface area (Å²) in [4.78, 5) is 21.4. The lowest BCUT2D eigenvalue weighted by atomic mass is 10.0. The highest BCUT2D eigenvalue weighted by Crippen LogP contribution is 2.40. The largest absolute Gasteiger partial charge is 0.370 e. The highest BCUT2D eigenvalue weighted by atomic mass is 16.2. The Morgan fingerprint density at radius 1 is 1.04 bits per heavy atom. The molecule has 0 saturated carbocycles. The van der Waals surface area contributed by atoms with Crippen LogP contribution in [0.5, 0.6) is 0 Å². The zero-order valence-electron chi connectivity index (χ0n) is 13.0. The number of nitrogens with one attached hydrogen (secondary N) is 3. The van der Waals surface area contributed by atoms with Crippen LogP contribution in [-0.4, -0.2) is 17.8 Å². The van der Waals surface area contributed by atoms with Crippen LogP contribution >= 0.6 is 0 Å². The van der Waals surface area contributed by atoms with Gasteiger partial charge in [0, 0.05) is 16.9 Å². The third-order valence-electron chi connectivity index (χ3n) is 3.98. The second-order valence-corrected chi connectivity index (χ2v) is 5.75. The number of carbonyl (C=O) groups excluding carboxylic acids is 1. The van der Waals surface area contributed by atoms with Gasteiger partial charge in [-0.15, -0.1) is 0 Å². The van der Waals surface area contributed by atoms with E-state index in [-0.39, 0.29) is 11.9 Å². The lowest BCUT2D eigenvalue weighted by Crippen LogP contribution is -2.49. The van der Waals surface area contributed by atoms with E-state index in [4.69, 9.17) is 5.73 Å². The maximum absolute atomic E-state index is 12.6. The monoisotopic (exact) mass is 320 g/mol. The average molecular weight is 320 g/mol. The molecular weight excluding hydrogens is 304 g/mol. The third kappa shape index (κ3) is 2.18. The molecule has 0 bridgehead atoms. The van der Waals surface area contributed by atoms with Crippen molar-refractivity contribution in [3.63, 3.8) is 0 Å². The summed E-state index contributed by atoms with van der Waals surface area (Å²) < 4.78 is 0. The Morgan fingerprint density at radius 2 is 1.79 bits per heavy atom. The first-order valence-electron chi connectivity index (χ1n) is 7.54. The Morgan fingerprint density at radius 3 is 2.58 bits per heavy atom. The minimum Gasteiger partial charge on any atom is -0.370 e. The van der Waals surface area contributed by atoms with E-state index in [9.17, 15) is 4.79 Å². The second-order valence-electron chi connectivity index (χ2n) is 5.75. The number of guanidine groups is 2. The molecule has 0 unspecified atom stereocenters. The predicted octanol–water partition coefficient (Wildman–Crippen LogP) is 1.49. The van der Waals surface area contributed by atoms with E-state index < -0.39 is 5.66 Å². The predicted molar refractivity (Wildman–Crippen MR) is 93.7 cm³/mol. The molecule has 1 spiro atoms. The molecule has 0 fully saturated rings. The summed E-state index contributed by atoms with van der Waals surface area (Å²) in [5.41, 5.74) is 7.89. The first kappa shape index (κ1) is 14.3. The number of para-hydroxylation sites is 1. The van der Waals surface area contributed by atoms with Gasteiger partial charge in [-0.1, -0.05) is 35.9 Å². The van der Waals surface area contributed by atoms with Crippen LogP contribution in [0.4, 0.5) is 11.4 Å². The van der Waals surface area contributed by atoms with Crippen molar-refractivity contribution in [2.45, 2.75) is 12.6 Å². The molecule has 7 heteroatoms. The number of nitrogens with two attached hydrogens (primary N) is 1. The fraction of sp³-hybridized carbons (Fsp3) is 0.118. The molecule has 1 atom stereocenters. The van der Waals surface area contributed by atoms with Gasteiger partial charge in [-0.2, -0.15) is 0 Å². The van der Waals surface area contributed by atoms with Crippen LogP contribution in [0.1, 0.15) is 11.1 Å². The molecular formula is C17H16N6O. The molecule has 7 nitrogen and oxygen atoms in total. The van der Waals surface area contributed by atoms with Crippen LogP contribution in [0.15, 0.2) is 58.5 Å². The lowest BCUT2D eigenvalue weighted by molar-refractivity contribution is -0.120. The number of rotatable bonds is 1. The molecule has 2 aromatic rings. The summed E-state index contributed by atoms with van der Waals surface area (Å²) in [6, 6.07) is 15.2. The summed E-state index contributed by atoms with van der Waals surface area (Å²) in [7, 11) is 0. The summed E-state index contributed by atoms with van der Waals surface area (Å²) in [5, 5.41) is 8.81. The van der Waals surface area contributed by atoms with Crippen molar-refractivity contribution >= 4 is 29.2 Å². The summed E-state index contributed by atoms with van der Waals surface area (Å²) >= 11 is 0. The number of nitrogens with zero attached hydrogens (tertiary/aromatic N) is 2. The zero-order chi connectivity index (χ0) is 16.7. The molecule has 2 aromatic carbocycles. The standard InChI is InChI=1S/C17H16N6O/c1-10-6-8-11(9-7-10)19-16-21-15(18)22-17(23-16)12-4-2-3-5-13(12)20-14(17)24/h2-9H,1H3,(H,20,24)(H4,18,19,21,22,23)/t17-/m1/s1. The van der Waals surface area contributed by atoms with E-state index in [0.717, 1.165) is 11.3 Å².